The van der Waals surface area contributed by atoms with Crippen molar-refractivity contribution in [3.63, 3.8) is 0 Å². The lowest BCUT2D eigenvalue weighted by molar-refractivity contribution is -0.243. The summed E-state index contributed by atoms with van der Waals surface area (Å²) in [6, 6.07) is 0. The quantitative estimate of drug-likeness (QED) is 0.234. The third-order valence-electron chi connectivity index (χ3n) is 2.73. The van der Waals surface area contributed by atoms with E-state index in [0.29, 0.717) is 5.11 Å². The Morgan fingerprint density at radius 1 is 1.28 bits per heavy atom. The molecule has 0 amide bonds. The maximum atomic E-state index is 9.76. The minimum absolute atomic E-state index is 0.354. The van der Waals surface area contributed by atoms with Gasteiger partial charge in [-0.1, -0.05) is 0 Å². The molecule has 0 saturated carbocycles. The summed E-state index contributed by atoms with van der Waals surface area (Å²) in [7, 11) is 3.23. The molecule has 0 aliphatic carbocycles. The summed E-state index contributed by atoms with van der Waals surface area (Å²) in [6.45, 7) is -0.469. The first-order valence-corrected chi connectivity index (χ1v) is 5.85. The summed E-state index contributed by atoms with van der Waals surface area (Å²) in [5, 5.41) is 42.4. The van der Waals surface area contributed by atoms with Crippen LogP contribution in [0.3, 0.4) is 0 Å². The van der Waals surface area contributed by atoms with Crippen molar-refractivity contribution in [1.82, 2.24) is 15.8 Å². The van der Waals surface area contributed by atoms with E-state index in [1.54, 1.807) is 14.1 Å². The summed E-state index contributed by atoms with van der Waals surface area (Å²) in [4.78, 5) is 0. The third kappa shape index (κ3) is 3.26. The summed E-state index contributed by atoms with van der Waals surface area (Å²) < 4.78 is 5.25. The summed E-state index contributed by atoms with van der Waals surface area (Å²) in [5.41, 5.74) is 2.71. The molecule has 0 radical (unpaired) electrons. The van der Waals surface area contributed by atoms with Crippen molar-refractivity contribution in [1.29, 1.82) is 0 Å². The minimum Gasteiger partial charge on any atom is -0.394 e. The Balaban J connectivity index is 2.67. The molecule has 1 aliphatic rings. The molecule has 0 bridgehead atoms. The Morgan fingerprint density at radius 2 is 1.89 bits per heavy atom. The largest absolute Gasteiger partial charge is 0.394 e. The van der Waals surface area contributed by atoms with E-state index in [2.05, 4.69) is 10.7 Å². The van der Waals surface area contributed by atoms with Crippen LogP contribution in [0.15, 0.2) is 0 Å². The van der Waals surface area contributed by atoms with Gasteiger partial charge in [-0.25, -0.2) is 5.43 Å². The van der Waals surface area contributed by atoms with Gasteiger partial charge in [0.25, 0.3) is 0 Å². The fraction of sp³-hybridized carbons (Fsp3) is 0.889. The van der Waals surface area contributed by atoms with E-state index < -0.39 is 37.3 Å². The number of hydrogen-bond acceptors (Lipinski definition) is 7. The predicted octanol–water partition coefficient (Wildman–Crippen LogP) is -3.27. The molecule has 1 rings (SSSR count). The van der Waals surface area contributed by atoms with Crippen molar-refractivity contribution >= 4 is 17.3 Å². The van der Waals surface area contributed by atoms with Crippen LogP contribution in [0.2, 0.25) is 0 Å². The van der Waals surface area contributed by atoms with Gasteiger partial charge in [0.15, 0.2) is 11.3 Å². The Morgan fingerprint density at radius 3 is 2.39 bits per heavy atom. The molecule has 6 N–H and O–H groups in total. The van der Waals surface area contributed by atoms with E-state index in [0.717, 1.165) is 0 Å². The molecule has 0 aromatic carbocycles. The number of hydrazine groups is 1. The highest BCUT2D eigenvalue weighted by Gasteiger charge is 2.43. The SMILES string of the molecule is CNC(=S)N(C)N[C@@H]1O[C@H](CO)[C@H](O)[C@@H](O)[C@@H]1O. The van der Waals surface area contributed by atoms with E-state index in [-0.39, 0.29) is 0 Å². The van der Waals surface area contributed by atoms with Gasteiger partial charge in [-0.3, -0.25) is 5.01 Å². The molecule has 8 nitrogen and oxygen atoms in total. The second-order valence-corrected chi connectivity index (χ2v) is 4.38. The maximum absolute atomic E-state index is 9.76. The summed E-state index contributed by atoms with van der Waals surface area (Å²) in [6.07, 6.45) is -6.06. The molecule has 0 aromatic heterocycles. The van der Waals surface area contributed by atoms with Crippen LogP contribution in [0.5, 0.6) is 0 Å². The van der Waals surface area contributed by atoms with E-state index in [4.69, 9.17) is 22.1 Å². The highest BCUT2D eigenvalue weighted by Crippen LogP contribution is 2.19. The van der Waals surface area contributed by atoms with Crippen LogP contribution in [0.4, 0.5) is 0 Å². The molecule has 18 heavy (non-hydrogen) atoms. The van der Waals surface area contributed by atoms with E-state index in [1.807, 2.05) is 0 Å². The van der Waals surface area contributed by atoms with Crippen molar-refractivity contribution in [2.75, 3.05) is 20.7 Å². The van der Waals surface area contributed by atoms with Crippen LogP contribution in [0.1, 0.15) is 0 Å². The van der Waals surface area contributed by atoms with Crippen LogP contribution in [-0.4, -0.2) is 81.9 Å². The first-order valence-electron chi connectivity index (χ1n) is 5.44. The zero-order valence-electron chi connectivity index (χ0n) is 10.1. The van der Waals surface area contributed by atoms with Gasteiger partial charge in [0.05, 0.1) is 6.61 Å². The topological polar surface area (TPSA) is 117 Å². The average Bonchev–Trinajstić information content (AvgIpc) is 2.38. The number of aliphatic hydroxyl groups is 4. The molecule has 0 unspecified atom stereocenters. The standard InChI is InChI=1S/C9H19N3O5S/c1-10-9(18)12(2)11-8-7(16)6(15)5(14)4(3-13)17-8/h4-8,11,13-16H,3H2,1-2H3,(H,10,18)/t4-,5+,6-,7+,8-/m1/s1. The summed E-state index contributed by atoms with van der Waals surface area (Å²) >= 11 is 4.95. The molecule has 0 spiro atoms. The predicted molar refractivity (Wildman–Crippen MR) is 66.3 cm³/mol. The highest BCUT2D eigenvalue weighted by molar-refractivity contribution is 7.80. The Kier molecular flexibility index (Phi) is 5.66. The van der Waals surface area contributed by atoms with Crippen molar-refractivity contribution in [3.05, 3.63) is 0 Å². The lowest BCUT2D eigenvalue weighted by atomic mass is 9.99. The van der Waals surface area contributed by atoms with Crippen LogP contribution >= 0.6 is 12.2 Å². The number of ether oxygens (including phenoxy) is 1. The van der Waals surface area contributed by atoms with Crippen molar-refractivity contribution < 1.29 is 25.2 Å². The molecule has 5 atom stereocenters. The number of nitrogens with one attached hydrogen (secondary N) is 2. The summed E-state index contributed by atoms with van der Waals surface area (Å²) in [5.74, 6) is 0. The fourth-order valence-corrected chi connectivity index (χ4v) is 1.68. The van der Waals surface area contributed by atoms with Crippen molar-refractivity contribution in [2.45, 2.75) is 30.6 Å². The lowest BCUT2D eigenvalue weighted by Crippen LogP contribution is -2.65. The molecule has 9 heteroatoms. The zero-order valence-corrected chi connectivity index (χ0v) is 11.0. The number of nitrogens with zero attached hydrogens (tertiary/aromatic N) is 1. The van der Waals surface area contributed by atoms with Gasteiger partial charge in [-0.2, -0.15) is 0 Å². The number of thiocarbonyl (C=S) groups is 1. The minimum atomic E-state index is -1.41. The van der Waals surface area contributed by atoms with Gasteiger partial charge < -0.3 is 30.5 Å². The van der Waals surface area contributed by atoms with Gasteiger partial charge in [0.1, 0.15) is 24.4 Å². The number of aliphatic hydroxyl groups excluding tert-OH is 4. The van der Waals surface area contributed by atoms with Crippen molar-refractivity contribution in [3.8, 4) is 0 Å². The zero-order chi connectivity index (χ0) is 13.9. The van der Waals surface area contributed by atoms with Crippen LogP contribution in [0, 0.1) is 0 Å². The third-order valence-corrected chi connectivity index (χ3v) is 3.21. The molecular weight excluding hydrogens is 262 g/mol. The molecular formula is C9H19N3O5S. The van der Waals surface area contributed by atoms with Crippen LogP contribution < -0.4 is 10.7 Å². The molecule has 1 heterocycles. The van der Waals surface area contributed by atoms with Crippen molar-refractivity contribution in [2.24, 2.45) is 0 Å². The Bertz CT molecular complexity index is 293. The highest BCUT2D eigenvalue weighted by atomic mass is 32.1. The normalized spacial score (nSPS) is 36.2. The molecule has 106 valence electrons. The average molecular weight is 281 g/mol. The van der Waals surface area contributed by atoms with Gasteiger partial charge >= 0.3 is 0 Å². The van der Waals surface area contributed by atoms with E-state index >= 15 is 0 Å². The molecule has 1 aliphatic heterocycles. The first-order chi connectivity index (χ1) is 8.42. The van der Waals surface area contributed by atoms with E-state index in [9.17, 15) is 15.3 Å². The van der Waals surface area contributed by atoms with Gasteiger partial charge in [0, 0.05) is 14.1 Å². The molecule has 1 saturated heterocycles. The lowest BCUT2D eigenvalue weighted by Gasteiger charge is -2.41. The Hall–Kier alpha value is -0.550. The second kappa shape index (κ2) is 6.57. The number of rotatable bonds is 3. The van der Waals surface area contributed by atoms with Crippen LogP contribution in [-0.2, 0) is 4.74 Å². The molecule has 0 aromatic rings. The molecule has 1 fully saturated rings. The monoisotopic (exact) mass is 281 g/mol. The number of hydrogen-bond donors (Lipinski definition) is 6. The van der Waals surface area contributed by atoms with Gasteiger partial charge in [-0.05, 0) is 12.2 Å². The first kappa shape index (κ1) is 15.5. The van der Waals surface area contributed by atoms with Gasteiger partial charge in [-0.15, -0.1) is 0 Å². The second-order valence-electron chi connectivity index (χ2n) is 3.99. The maximum Gasteiger partial charge on any atom is 0.183 e. The Labute approximate surface area is 110 Å². The smallest absolute Gasteiger partial charge is 0.183 e. The fourth-order valence-electron chi connectivity index (χ4n) is 1.63. The van der Waals surface area contributed by atoms with E-state index in [1.165, 1.54) is 5.01 Å². The van der Waals surface area contributed by atoms with Crippen LogP contribution in [0.25, 0.3) is 0 Å². The van der Waals surface area contributed by atoms with Gasteiger partial charge in [0.2, 0.25) is 0 Å².